The van der Waals surface area contributed by atoms with Crippen molar-refractivity contribution in [1.82, 2.24) is 0 Å². The van der Waals surface area contributed by atoms with Crippen molar-refractivity contribution in [3.05, 3.63) is 9.66 Å². The van der Waals surface area contributed by atoms with Crippen LogP contribution in [0, 0.1) is 5.92 Å². The molecule has 0 unspecified atom stereocenters. The molecule has 0 aromatic rings. The van der Waals surface area contributed by atoms with Gasteiger partial charge >= 0.3 is 0 Å². The van der Waals surface area contributed by atoms with Crippen molar-refractivity contribution >= 4 is 22.6 Å². The second kappa shape index (κ2) is 4.36. The second-order valence-electron chi connectivity index (χ2n) is 2.55. The first-order chi connectivity index (χ1) is 3.66. The molecule has 0 radical (unpaired) electrons. The summed E-state index contributed by atoms with van der Waals surface area (Å²) in [5.41, 5.74) is 1.49. The fourth-order valence-corrected chi connectivity index (χ4v) is 0.943. The SMILES string of the molecule is CC(=CI)CC(C)C. The number of hydrogen-bond acceptors (Lipinski definition) is 0. The van der Waals surface area contributed by atoms with Crippen LogP contribution < -0.4 is 0 Å². The van der Waals surface area contributed by atoms with Crippen LogP contribution in [0.2, 0.25) is 0 Å². The maximum atomic E-state index is 2.28. The zero-order chi connectivity index (χ0) is 6.57. The number of hydrogen-bond donors (Lipinski definition) is 0. The van der Waals surface area contributed by atoms with E-state index in [4.69, 9.17) is 0 Å². The van der Waals surface area contributed by atoms with Gasteiger partial charge in [-0.3, -0.25) is 0 Å². The molecule has 0 heterocycles. The van der Waals surface area contributed by atoms with E-state index in [1.165, 1.54) is 12.0 Å². The first kappa shape index (κ1) is 8.47. The van der Waals surface area contributed by atoms with Gasteiger partial charge < -0.3 is 0 Å². The van der Waals surface area contributed by atoms with Crippen LogP contribution in [0.25, 0.3) is 0 Å². The molecule has 0 spiro atoms. The monoisotopic (exact) mass is 224 g/mol. The van der Waals surface area contributed by atoms with Crippen LogP contribution in [0.4, 0.5) is 0 Å². The molecule has 1 heteroatoms. The third-order valence-electron chi connectivity index (χ3n) is 0.916. The summed E-state index contributed by atoms with van der Waals surface area (Å²) in [6.45, 7) is 6.65. The van der Waals surface area contributed by atoms with Crippen molar-refractivity contribution in [2.75, 3.05) is 0 Å². The van der Waals surface area contributed by atoms with Crippen molar-refractivity contribution < 1.29 is 0 Å². The highest BCUT2D eigenvalue weighted by molar-refractivity contribution is 14.1. The molecule has 0 saturated carbocycles. The highest BCUT2D eigenvalue weighted by Gasteiger charge is 1.92. The van der Waals surface area contributed by atoms with Crippen LogP contribution in [-0.2, 0) is 0 Å². The van der Waals surface area contributed by atoms with E-state index >= 15 is 0 Å². The van der Waals surface area contributed by atoms with Crippen LogP contribution in [0.3, 0.4) is 0 Å². The summed E-state index contributed by atoms with van der Waals surface area (Å²) in [7, 11) is 0. The van der Waals surface area contributed by atoms with Gasteiger partial charge in [0, 0.05) is 0 Å². The molecule has 8 heavy (non-hydrogen) atoms. The molecule has 0 saturated heterocycles. The molecule has 0 aliphatic rings. The summed E-state index contributed by atoms with van der Waals surface area (Å²) in [5, 5.41) is 0. The number of allylic oxidation sites excluding steroid dienone is 1. The highest BCUT2D eigenvalue weighted by Crippen LogP contribution is 2.10. The van der Waals surface area contributed by atoms with Gasteiger partial charge in [-0.15, -0.1) is 0 Å². The van der Waals surface area contributed by atoms with Crippen LogP contribution in [-0.4, -0.2) is 0 Å². The van der Waals surface area contributed by atoms with Crippen LogP contribution in [0.5, 0.6) is 0 Å². The smallest absolute Gasteiger partial charge is 0.0244 e. The molecule has 0 aromatic carbocycles. The average Bonchev–Trinajstić information content (AvgIpc) is 1.65. The Labute approximate surface area is 65.5 Å². The predicted molar refractivity (Wildman–Crippen MR) is 47.2 cm³/mol. The highest BCUT2D eigenvalue weighted by atomic mass is 127. The van der Waals surface area contributed by atoms with Crippen LogP contribution in [0.15, 0.2) is 9.66 Å². The Bertz CT molecular complexity index is 82.4. The third-order valence-corrected chi connectivity index (χ3v) is 1.98. The Balaban J connectivity index is 3.39. The van der Waals surface area contributed by atoms with E-state index in [0.717, 1.165) is 5.92 Å². The second-order valence-corrected chi connectivity index (χ2v) is 3.18. The van der Waals surface area contributed by atoms with Crippen molar-refractivity contribution in [2.24, 2.45) is 5.92 Å². The van der Waals surface area contributed by atoms with Gasteiger partial charge in [-0.05, 0) is 23.3 Å². The lowest BCUT2D eigenvalue weighted by Crippen LogP contribution is -1.85. The molecule has 0 rings (SSSR count). The largest absolute Gasteiger partial charge is 0.0670 e. The minimum absolute atomic E-state index is 0.806. The van der Waals surface area contributed by atoms with E-state index in [1.807, 2.05) is 0 Å². The Hall–Kier alpha value is 0.470. The molecule has 0 N–H and O–H groups in total. The van der Waals surface area contributed by atoms with Gasteiger partial charge in [0.15, 0.2) is 0 Å². The summed E-state index contributed by atoms with van der Waals surface area (Å²) in [6, 6.07) is 0. The van der Waals surface area contributed by atoms with Crippen molar-refractivity contribution in [3.8, 4) is 0 Å². The Morgan fingerprint density at radius 1 is 1.62 bits per heavy atom. The quantitative estimate of drug-likeness (QED) is 0.631. The third kappa shape index (κ3) is 4.62. The average molecular weight is 224 g/mol. The van der Waals surface area contributed by atoms with E-state index in [1.54, 1.807) is 0 Å². The van der Waals surface area contributed by atoms with Crippen LogP contribution >= 0.6 is 22.6 Å². The van der Waals surface area contributed by atoms with Gasteiger partial charge in [-0.25, -0.2) is 0 Å². The van der Waals surface area contributed by atoms with Gasteiger partial charge in [-0.2, -0.15) is 0 Å². The lowest BCUT2D eigenvalue weighted by Gasteiger charge is -2.01. The van der Waals surface area contributed by atoms with E-state index < -0.39 is 0 Å². The normalized spacial score (nSPS) is 12.9. The van der Waals surface area contributed by atoms with Crippen molar-refractivity contribution in [1.29, 1.82) is 0 Å². The summed E-state index contributed by atoms with van der Waals surface area (Å²) in [6.07, 6.45) is 1.24. The Morgan fingerprint density at radius 2 is 2.12 bits per heavy atom. The zero-order valence-corrected chi connectivity index (χ0v) is 7.90. The van der Waals surface area contributed by atoms with Crippen molar-refractivity contribution in [2.45, 2.75) is 27.2 Å². The fourth-order valence-electron chi connectivity index (χ4n) is 0.688. The van der Waals surface area contributed by atoms with Crippen LogP contribution in [0.1, 0.15) is 27.2 Å². The molecule has 0 bridgehead atoms. The zero-order valence-electron chi connectivity index (χ0n) is 5.74. The molecular weight excluding hydrogens is 211 g/mol. The molecule has 0 aliphatic carbocycles. The molecule has 0 fully saturated rings. The maximum absolute atomic E-state index is 2.28. The maximum Gasteiger partial charge on any atom is -0.0244 e. The molecule has 0 amide bonds. The summed E-state index contributed by atoms with van der Waals surface area (Å²) < 4.78 is 2.15. The van der Waals surface area contributed by atoms with Crippen molar-refractivity contribution in [3.63, 3.8) is 0 Å². The molecule has 0 atom stereocenters. The molecule has 48 valence electrons. The predicted octanol–water partition coefficient (Wildman–Crippen LogP) is 3.37. The minimum Gasteiger partial charge on any atom is -0.0670 e. The first-order valence-electron chi connectivity index (χ1n) is 2.92. The topological polar surface area (TPSA) is 0 Å². The van der Waals surface area contributed by atoms with Gasteiger partial charge in [0.25, 0.3) is 0 Å². The van der Waals surface area contributed by atoms with E-state index in [-0.39, 0.29) is 0 Å². The lowest BCUT2D eigenvalue weighted by molar-refractivity contribution is 0.643. The first-order valence-corrected chi connectivity index (χ1v) is 4.17. The Kier molecular flexibility index (Phi) is 4.61. The fraction of sp³-hybridized carbons (Fsp3) is 0.714. The van der Waals surface area contributed by atoms with E-state index in [9.17, 15) is 0 Å². The summed E-state index contributed by atoms with van der Waals surface area (Å²) in [4.78, 5) is 0. The molecule has 0 aromatic heterocycles. The van der Waals surface area contributed by atoms with Gasteiger partial charge in [0.1, 0.15) is 0 Å². The lowest BCUT2D eigenvalue weighted by atomic mass is 10.1. The van der Waals surface area contributed by atoms with Gasteiger partial charge in [-0.1, -0.05) is 42.0 Å². The molecule has 0 aliphatic heterocycles. The van der Waals surface area contributed by atoms with Gasteiger partial charge in [0.05, 0.1) is 0 Å². The summed E-state index contributed by atoms with van der Waals surface area (Å²) in [5.74, 6) is 0.806. The molecular formula is C7H13I. The standard InChI is InChI=1S/C7H13I/c1-6(2)4-7(3)5-8/h5-6H,4H2,1-3H3. The van der Waals surface area contributed by atoms with Gasteiger partial charge in [0.2, 0.25) is 0 Å². The van der Waals surface area contributed by atoms with E-state index in [2.05, 4.69) is 47.4 Å². The summed E-state index contributed by atoms with van der Waals surface area (Å²) >= 11 is 2.28. The Morgan fingerprint density at radius 3 is 2.25 bits per heavy atom. The minimum atomic E-state index is 0.806. The van der Waals surface area contributed by atoms with E-state index in [0.29, 0.717) is 0 Å². The number of rotatable bonds is 2. The number of halogens is 1. The molecule has 0 nitrogen and oxygen atoms in total.